The number of phenols is 1. The van der Waals surface area contributed by atoms with E-state index in [1.165, 1.54) is 32.1 Å². The molecule has 0 saturated heterocycles. The Morgan fingerprint density at radius 1 is 1.28 bits per heavy atom. The van der Waals surface area contributed by atoms with E-state index >= 15 is 0 Å². The molecule has 0 heterocycles. The van der Waals surface area contributed by atoms with Crippen LogP contribution in [-0.4, -0.2) is 18.3 Å². The highest BCUT2D eigenvalue weighted by atomic mass is 16.5. The summed E-state index contributed by atoms with van der Waals surface area (Å²) in [6.45, 7) is 2.11. The van der Waals surface area contributed by atoms with Crippen molar-refractivity contribution in [3.05, 3.63) is 23.8 Å². The zero-order valence-corrected chi connectivity index (χ0v) is 11.3. The van der Waals surface area contributed by atoms with Crippen LogP contribution in [0.3, 0.4) is 0 Å². The fourth-order valence-corrected chi connectivity index (χ4v) is 2.73. The van der Waals surface area contributed by atoms with Gasteiger partial charge in [0.25, 0.3) is 0 Å². The molecule has 1 aliphatic rings. The monoisotopic (exact) mass is 249 g/mol. The molecular weight excluding hydrogens is 226 g/mol. The predicted octanol–water partition coefficient (Wildman–Crippen LogP) is 3.38. The van der Waals surface area contributed by atoms with E-state index in [1.54, 1.807) is 13.2 Å². The lowest BCUT2D eigenvalue weighted by atomic mass is 9.94. The third-order valence-electron chi connectivity index (χ3n) is 3.79. The number of phenolic OH excluding ortho intramolecular Hbond substituents is 1. The molecule has 2 N–H and O–H groups in total. The van der Waals surface area contributed by atoms with Gasteiger partial charge in [-0.3, -0.25) is 0 Å². The number of nitrogens with one attached hydrogen (secondary N) is 1. The second-order valence-corrected chi connectivity index (χ2v) is 5.15. The lowest BCUT2D eigenvalue weighted by Gasteiger charge is -2.27. The Balaban J connectivity index is 2.01. The van der Waals surface area contributed by atoms with Crippen LogP contribution in [0.2, 0.25) is 0 Å². The minimum Gasteiger partial charge on any atom is -0.507 e. The Morgan fingerprint density at radius 2 is 2.00 bits per heavy atom. The summed E-state index contributed by atoms with van der Waals surface area (Å²) in [6, 6.07) is 6.28. The first-order valence-electron chi connectivity index (χ1n) is 6.83. The summed E-state index contributed by atoms with van der Waals surface area (Å²) in [4.78, 5) is 0. The van der Waals surface area contributed by atoms with Crippen molar-refractivity contribution in [2.75, 3.05) is 7.11 Å². The molecule has 0 amide bonds. The molecule has 18 heavy (non-hydrogen) atoms. The highest BCUT2D eigenvalue weighted by molar-refractivity contribution is 5.41. The van der Waals surface area contributed by atoms with Gasteiger partial charge in [0.1, 0.15) is 11.5 Å². The van der Waals surface area contributed by atoms with Gasteiger partial charge in [0.05, 0.1) is 7.11 Å². The molecule has 2 rings (SSSR count). The van der Waals surface area contributed by atoms with Gasteiger partial charge in [-0.1, -0.05) is 25.3 Å². The van der Waals surface area contributed by atoms with Gasteiger partial charge in [-0.05, 0) is 25.8 Å². The number of ether oxygens (including phenoxy) is 1. The van der Waals surface area contributed by atoms with Crippen LogP contribution in [0.15, 0.2) is 18.2 Å². The van der Waals surface area contributed by atoms with Crippen molar-refractivity contribution in [1.82, 2.24) is 5.32 Å². The molecule has 0 aliphatic heterocycles. The third-order valence-corrected chi connectivity index (χ3v) is 3.79. The van der Waals surface area contributed by atoms with Gasteiger partial charge in [0.2, 0.25) is 0 Å². The first-order chi connectivity index (χ1) is 8.70. The van der Waals surface area contributed by atoms with E-state index in [1.807, 2.05) is 12.1 Å². The number of hydrogen-bond donors (Lipinski definition) is 2. The minimum atomic E-state index is 0.180. The van der Waals surface area contributed by atoms with Gasteiger partial charge in [-0.25, -0.2) is 0 Å². The lowest BCUT2D eigenvalue weighted by molar-refractivity contribution is 0.341. The summed E-state index contributed by atoms with van der Waals surface area (Å²) >= 11 is 0. The Morgan fingerprint density at radius 3 is 2.61 bits per heavy atom. The number of hydrogen-bond acceptors (Lipinski definition) is 3. The molecule has 3 nitrogen and oxygen atoms in total. The topological polar surface area (TPSA) is 41.5 Å². The fourth-order valence-electron chi connectivity index (χ4n) is 2.73. The molecule has 1 unspecified atom stereocenters. The average Bonchev–Trinajstić information content (AvgIpc) is 2.39. The van der Waals surface area contributed by atoms with Crippen molar-refractivity contribution in [2.45, 2.75) is 51.1 Å². The maximum absolute atomic E-state index is 10.0. The highest BCUT2D eigenvalue weighted by Crippen LogP contribution is 2.29. The summed E-state index contributed by atoms with van der Waals surface area (Å²) in [5.41, 5.74) is 0.946. The number of methoxy groups -OCH3 is 1. The van der Waals surface area contributed by atoms with Gasteiger partial charge >= 0.3 is 0 Å². The molecule has 1 fully saturated rings. The number of aromatic hydroxyl groups is 1. The van der Waals surface area contributed by atoms with Crippen LogP contribution in [0.25, 0.3) is 0 Å². The van der Waals surface area contributed by atoms with Crippen LogP contribution < -0.4 is 10.1 Å². The largest absolute Gasteiger partial charge is 0.507 e. The average molecular weight is 249 g/mol. The number of rotatable bonds is 4. The van der Waals surface area contributed by atoms with Gasteiger partial charge in [0, 0.05) is 23.7 Å². The molecular formula is C15H23NO2. The van der Waals surface area contributed by atoms with Gasteiger partial charge in [-0.15, -0.1) is 0 Å². The van der Waals surface area contributed by atoms with Gasteiger partial charge < -0.3 is 15.2 Å². The van der Waals surface area contributed by atoms with Crippen LogP contribution in [0.1, 0.15) is 50.6 Å². The molecule has 1 aromatic rings. The molecule has 0 radical (unpaired) electrons. The Hall–Kier alpha value is -1.22. The molecule has 3 heteroatoms. The zero-order valence-electron chi connectivity index (χ0n) is 11.3. The van der Waals surface area contributed by atoms with E-state index in [2.05, 4.69) is 12.2 Å². The molecule has 0 bridgehead atoms. The van der Waals surface area contributed by atoms with Crippen LogP contribution in [0.4, 0.5) is 0 Å². The van der Waals surface area contributed by atoms with Crippen LogP contribution in [0, 0.1) is 0 Å². The Labute approximate surface area is 109 Å². The second-order valence-electron chi connectivity index (χ2n) is 5.15. The molecule has 100 valence electrons. The zero-order chi connectivity index (χ0) is 13.0. The summed E-state index contributed by atoms with van der Waals surface area (Å²) in [6.07, 6.45) is 6.50. The highest BCUT2D eigenvalue weighted by Gasteiger charge is 2.18. The van der Waals surface area contributed by atoms with Gasteiger partial charge in [0.15, 0.2) is 0 Å². The van der Waals surface area contributed by atoms with Crippen molar-refractivity contribution >= 4 is 0 Å². The Bertz CT molecular complexity index is 386. The van der Waals surface area contributed by atoms with E-state index in [0.29, 0.717) is 17.5 Å². The Kier molecular flexibility index (Phi) is 4.48. The summed E-state index contributed by atoms with van der Waals surface area (Å²) < 4.78 is 5.10. The SMILES string of the molecule is COc1ccc(C(C)NC2CCCCC2)c(O)c1. The summed E-state index contributed by atoms with van der Waals surface area (Å²) in [7, 11) is 1.61. The minimum absolute atomic E-state index is 0.180. The van der Waals surface area contributed by atoms with E-state index < -0.39 is 0 Å². The third kappa shape index (κ3) is 3.16. The first-order valence-corrected chi connectivity index (χ1v) is 6.83. The molecule has 0 aromatic heterocycles. The molecule has 1 aliphatic carbocycles. The normalized spacial score (nSPS) is 18.6. The quantitative estimate of drug-likeness (QED) is 0.859. The molecule has 0 spiro atoms. The number of benzene rings is 1. The van der Waals surface area contributed by atoms with Crippen molar-refractivity contribution in [3.63, 3.8) is 0 Å². The standard InChI is InChI=1S/C15H23NO2/c1-11(16-12-6-4-3-5-7-12)14-9-8-13(18-2)10-15(14)17/h8-12,16-17H,3-7H2,1-2H3. The maximum atomic E-state index is 10.0. The maximum Gasteiger partial charge on any atom is 0.124 e. The van der Waals surface area contributed by atoms with E-state index in [4.69, 9.17) is 4.74 Å². The van der Waals surface area contributed by atoms with Crippen molar-refractivity contribution in [2.24, 2.45) is 0 Å². The summed E-state index contributed by atoms with van der Waals surface area (Å²) in [5, 5.41) is 13.6. The molecule has 1 atom stereocenters. The van der Waals surface area contributed by atoms with Crippen LogP contribution >= 0.6 is 0 Å². The van der Waals surface area contributed by atoms with E-state index in [9.17, 15) is 5.11 Å². The summed E-state index contributed by atoms with van der Waals surface area (Å²) in [5.74, 6) is 1.01. The van der Waals surface area contributed by atoms with E-state index in [0.717, 1.165) is 5.56 Å². The lowest BCUT2D eigenvalue weighted by Crippen LogP contribution is -2.33. The van der Waals surface area contributed by atoms with Crippen LogP contribution in [0.5, 0.6) is 11.5 Å². The van der Waals surface area contributed by atoms with Crippen molar-refractivity contribution < 1.29 is 9.84 Å². The van der Waals surface area contributed by atoms with Crippen molar-refractivity contribution in [3.8, 4) is 11.5 Å². The second kappa shape index (κ2) is 6.10. The fraction of sp³-hybridized carbons (Fsp3) is 0.600. The molecule has 1 saturated carbocycles. The van der Waals surface area contributed by atoms with Crippen molar-refractivity contribution in [1.29, 1.82) is 0 Å². The van der Waals surface area contributed by atoms with E-state index in [-0.39, 0.29) is 6.04 Å². The molecule has 1 aromatic carbocycles. The first kappa shape index (κ1) is 13.2. The van der Waals surface area contributed by atoms with Crippen LogP contribution in [-0.2, 0) is 0 Å². The predicted molar refractivity (Wildman–Crippen MR) is 73.1 cm³/mol. The van der Waals surface area contributed by atoms with Gasteiger partial charge in [-0.2, -0.15) is 0 Å². The smallest absolute Gasteiger partial charge is 0.124 e.